The predicted octanol–water partition coefficient (Wildman–Crippen LogP) is 2.46. The second-order valence-electron chi connectivity index (χ2n) is 5.00. The van der Waals surface area contributed by atoms with Gasteiger partial charge in [0.25, 0.3) is 0 Å². The molecule has 0 atom stereocenters. The van der Waals surface area contributed by atoms with Gasteiger partial charge in [0, 0.05) is 5.41 Å². The van der Waals surface area contributed by atoms with Gasteiger partial charge in [-0.05, 0) is 38.1 Å². The van der Waals surface area contributed by atoms with Crippen molar-refractivity contribution in [2.75, 3.05) is 26.8 Å². The maximum atomic E-state index is 5.92. The van der Waals surface area contributed by atoms with Crippen molar-refractivity contribution in [3.8, 4) is 11.5 Å². The highest BCUT2D eigenvalue weighted by Crippen LogP contribution is 2.32. The number of hydrogen-bond acceptors (Lipinski definition) is 3. The zero-order valence-electron chi connectivity index (χ0n) is 10.7. The molecule has 2 rings (SSSR count). The number of para-hydroxylation sites is 2. The second kappa shape index (κ2) is 5.41. The summed E-state index contributed by atoms with van der Waals surface area (Å²) in [5.41, 5.74) is 0.284. The van der Waals surface area contributed by atoms with Crippen molar-refractivity contribution in [2.24, 2.45) is 5.41 Å². The molecule has 0 unspecified atom stereocenters. The number of piperidine rings is 1. The molecule has 0 amide bonds. The average Bonchev–Trinajstić information content (AvgIpc) is 2.38. The van der Waals surface area contributed by atoms with Crippen molar-refractivity contribution in [3.05, 3.63) is 24.3 Å². The number of rotatable bonds is 4. The van der Waals surface area contributed by atoms with E-state index in [1.807, 2.05) is 24.3 Å². The Morgan fingerprint density at radius 2 is 1.82 bits per heavy atom. The van der Waals surface area contributed by atoms with E-state index in [4.69, 9.17) is 9.47 Å². The zero-order chi connectivity index (χ0) is 12.1. The number of benzene rings is 1. The van der Waals surface area contributed by atoms with Gasteiger partial charge in [-0.25, -0.2) is 0 Å². The van der Waals surface area contributed by atoms with Crippen molar-refractivity contribution in [3.63, 3.8) is 0 Å². The van der Waals surface area contributed by atoms with Crippen LogP contribution in [0, 0.1) is 5.41 Å². The van der Waals surface area contributed by atoms with Crippen LogP contribution in [0.25, 0.3) is 0 Å². The van der Waals surface area contributed by atoms with Gasteiger partial charge < -0.3 is 14.8 Å². The Morgan fingerprint density at radius 3 is 2.47 bits per heavy atom. The summed E-state index contributed by atoms with van der Waals surface area (Å²) in [6.45, 7) is 5.23. The molecule has 1 fully saturated rings. The maximum Gasteiger partial charge on any atom is 0.161 e. The highest BCUT2D eigenvalue weighted by molar-refractivity contribution is 5.39. The normalized spacial score (nSPS) is 18.7. The van der Waals surface area contributed by atoms with E-state index >= 15 is 0 Å². The molecule has 0 spiro atoms. The Kier molecular flexibility index (Phi) is 3.89. The molecule has 1 saturated heterocycles. The van der Waals surface area contributed by atoms with Crippen molar-refractivity contribution in [1.82, 2.24) is 5.32 Å². The fraction of sp³-hybridized carbons (Fsp3) is 0.571. The molecule has 0 bridgehead atoms. The molecule has 1 aliphatic rings. The van der Waals surface area contributed by atoms with Crippen LogP contribution in [0.5, 0.6) is 11.5 Å². The number of ether oxygens (including phenoxy) is 2. The first-order chi connectivity index (χ1) is 8.23. The minimum absolute atomic E-state index is 0.284. The summed E-state index contributed by atoms with van der Waals surface area (Å²) in [5, 5.41) is 3.38. The van der Waals surface area contributed by atoms with Gasteiger partial charge in [0.2, 0.25) is 0 Å². The van der Waals surface area contributed by atoms with E-state index in [-0.39, 0.29) is 5.41 Å². The maximum absolute atomic E-state index is 5.92. The van der Waals surface area contributed by atoms with E-state index in [2.05, 4.69) is 12.2 Å². The standard InChI is InChI=1S/C14H21NO2/c1-14(7-9-15-10-8-14)11-17-13-6-4-3-5-12(13)16-2/h3-6,15H,7-11H2,1-2H3. The topological polar surface area (TPSA) is 30.5 Å². The zero-order valence-corrected chi connectivity index (χ0v) is 10.7. The van der Waals surface area contributed by atoms with Crippen LogP contribution in [-0.4, -0.2) is 26.8 Å². The first kappa shape index (κ1) is 12.2. The molecule has 1 heterocycles. The minimum Gasteiger partial charge on any atom is -0.493 e. The molecule has 1 N–H and O–H groups in total. The van der Waals surface area contributed by atoms with E-state index in [0.717, 1.165) is 31.2 Å². The van der Waals surface area contributed by atoms with Crippen LogP contribution in [0.1, 0.15) is 19.8 Å². The summed E-state index contributed by atoms with van der Waals surface area (Å²) in [6, 6.07) is 7.82. The van der Waals surface area contributed by atoms with Crippen molar-refractivity contribution in [2.45, 2.75) is 19.8 Å². The Morgan fingerprint density at radius 1 is 1.18 bits per heavy atom. The third-order valence-corrected chi connectivity index (χ3v) is 3.46. The molecular weight excluding hydrogens is 214 g/mol. The molecule has 1 aliphatic heterocycles. The smallest absolute Gasteiger partial charge is 0.161 e. The van der Waals surface area contributed by atoms with Crippen LogP contribution in [0.4, 0.5) is 0 Å². The molecule has 3 heteroatoms. The Labute approximate surface area is 103 Å². The summed E-state index contributed by atoms with van der Waals surface area (Å²) in [7, 11) is 1.68. The summed E-state index contributed by atoms with van der Waals surface area (Å²) in [4.78, 5) is 0. The molecule has 0 saturated carbocycles. The Balaban J connectivity index is 1.96. The average molecular weight is 235 g/mol. The van der Waals surface area contributed by atoms with Gasteiger partial charge in [-0.3, -0.25) is 0 Å². The molecule has 0 aliphatic carbocycles. The molecule has 0 aromatic heterocycles. The van der Waals surface area contributed by atoms with Gasteiger partial charge in [-0.15, -0.1) is 0 Å². The van der Waals surface area contributed by atoms with E-state index in [1.165, 1.54) is 12.8 Å². The first-order valence-electron chi connectivity index (χ1n) is 6.20. The van der Waals surface area contributed by atoms with Crippen LogP contribution in [0.2, 0.25) is 0 Å². The minimum atomic E-state index is 0.284. The van der Waals surface area contributed by atoms with Gasteiger partial charge in [-0.2, -0.15) is 0 Å². The fourth-order valence-corrected chi connectivity index (χ4v) is 2.16. The summed E-state index contributed by atoms with van der Waals surface area (Å²) >= 11 is 0. The van der Waals surface area contributed by atoms with E-state index in [0.29, 0.717) is 0 Å². The number of methoxy groups -OCH3 is 1. The SMILES string of the molecule is COc1ccccc1OCC1(C)CCNCC1. The predicted molar refractivity (Wildman–Crippen MR) is 68.7 cm³/mol. The number of nitrogens with one attached hydrogen (secondary N) is 1. The summed E-state index contributed by atoms with van der Waals surface area (Å²) in [6.07, 6.45) is 2.34. The third kappa shape index (κ3) is 3.13. The Bertz CT molecular complexity index is 359. The van der Waals surface area contributed by atoms with Crippen LogP contribution < -0.4 is 14.8 Å². The molecule has 0 radical (unpaired) electrons. The molecule has 3 nitrogen and oxygen atoms in total. The van der Waals surface area contributed by atoms with E-state index in [1.54, 1.807) is 7.11 Å². The van der Waals surface area contributed by atoms with Crippen molar-refractivity contribution >= 4 is 0 Å². The van der Waals surface area contributed by atoms with Gasteiger partial charge in [0.15, 0.2) is 11.5 Å². The quantitative estimate of drug-likeness (QED) is 0.869. The lowest BCUT2D eigenvalue weighted by Gasteiger charge is -2.33. The largest absolute Gasteiger partial charge is 0.493 e. The van der Waals surface area contributed by atoms with Crippen LogP contribution in [-0.2, 0) is 0 Å². The second-order valence-corrected chi connectivity index (χ2v) is 5.00. The van der Waals surface area contributed by atoms with Gasteiger partial charge >= 0.3 is 0 Å². The molecule has 1 aromatic carbocycles. The highest BCUT2D eigenvalue weighted by Gasteiger charge is 2.27. The first-order valence-corrected chi connectivity index (χ1v) is 6.20. The van der Waals surface area contributed by atoms with Crippen LogP contribution in [0.15, 0.2) is 24.3 Å². The van der Waals surface area contributed by atoms with Gasteiger partial charge in [-0.1, -0.05) is 19.1 Å². The fourth-order valence-electron chi connectivity index (χ4n) is 2.16. The molecule has 94 valence electrons. The van der Waals surface area contributed by atoms with E-state index < -0.39 is 0 Å². The van der Waals surface area contributed by atoms with Gasteiger partial charge in [0.1, 0.15) is 0 Å². The van der Waals surface area contributed by atoms with Crippen LogP contribution in [0.3, 0.4) is 0 Å². The third-order valence-electron chi connectivity index (χ3n) is 3.46. The van der Waals surface area contributed by atoms with Crippen molar-refractivity contribution < 1.29 is 9.47 Å². The highest BCUT2D eigenvalue weighted by atomic mass is 16.5. The number of hydrogen-bond donors (Lipinski definition) is 1. The molecular formula is C14H21NO2. The lowest BCUT2D eigenvalue weighted by atomic mass is 9.82. The lowest BCUT2D eigenvalue weighted by molar-refractivity contribution is 0.121. The molecule has 1 aromatic rings. The monoisotopic (exact) mass is 235 g/mol. The molecule has 17 heavy (non-hydrogen) atoms. The summed E-state index contributed by atoms with van der Waals surface area (Å²) < 4.78 is 11.2. The summed E-state index contributed by atoms with van der Waals surface area (Å²) in [5.74, 6) is 1.65. The lowest BCUT2D eigenvalue weighted by Crippen LogP contribution is -2.38. The van der Waals surface area contributed by atoms with Crippen LogP contribution >= 0.6 is 0 Å². The Hall–Kier alpha value is -1.22. The van der Waals surface area contributed by atoms with Crippen molar-refractivity contribution in [1.29, 1.82) is 0 Å². The van der Waals surface area contributed by atoms with E-state index in [9.17, 15) is 0 Å². The van der Waals surface area contributed by atoms with Gasteiger partial charge in [0.05, 0.1) is 13.7 Å².